The lowest BCUT2D eigenvalue weighted by atomic mass is 10.0. The van der Waals surface area contributed by atoms with E-state index < -0.39 is 6.04 Å². The molecule has 0 aromatic heterocycles. The van der Waals surface area contributed by atoms with E-state index >= 15 is 0 Å². The van der Waals surface area contributed by atoms with Crippen molar-refractivity contribution in [2.45, 2.75) is 39.1 Å². The number of nitrogens with zero attached hydrogens (tertiary/aromatic N) is 1. The zero-order valence-electron chi connectivity index (χ0n) is 16.3. The van der Waals surface area contributed by atoms with Crippen molar-refractivity contribution in [1.82, 2.24) is 4.90 Å². The van der Waals surface area contributed by atoms with E-state index in [2.05, 4.69) is 13.8 Å². The second kappa shape index (κ2) is 8.34. The van der Waals surface area contributed by atoms with E-state index in [0.717, 1.165) is 10.8 Å². The lowest BCUT2D eigenvalue weighted by Gasteiger charge is -2.30. The second-order valence-corrected chi connectivity index (χ2v) is 8.93. The summed E-state index contributed by atoms with van der Waals surface area (Å²) in [4.78, 5) is 27.7. The third-order valence-electron chi connectivity index (χ3n) is 4.67. The van der Waals surface area contributed by atoms with Gasteiger partial charge in [0.25, 0.3) is 5.91 Å². The van der Waals surface area contributed by atoms with Crippen LogP contribution in [0.15, 0.2) is 42.5 Å². The number of benzene rings is 2. The van der Waals surface area contributed by atoms with Gasteiger partial charge in [0.2, 0.25) is 0 Å². The molecule has 0 spiro atoms. The molecule has 0 saturated carbocycles. The van der Waals surface area contributed by atoms with E-state index in [9.17, 15) is 9.59 Å². The van der Waals surface area contributed by atoms with Crippen LogP contribution in [-0.2, 0) is 9.53 Å². The fourth-order valence-corrected chi connectivity index (χ4v) is 4.76. The van der Waals surface area contributed by atoms with Crippen LogP contribution < -0.4 is 0 Å². The highest BCUT2D eigenvalue weighted by Gasteiger charge is 2.43. The Hall–Kier alpha value is -2.01. The quantitative estimate of drug-likeness (QED) is 0.707. The highest BCUT2D eigenvalue weighted by Crippen LogP contribution is 2.36. The van der Waals surface area contributed by atoms with Crippen LogP contribution in [0.25, 0.3) is 10.8 Å². The van der Waals surface area contributed by atoms with E-state index in [1.54, 1.807) is 16.7 Å². The van der Waals surface area contributed by atoms with Gasteiger partial charge in [-0.3, -0.25) is 4.79 Å². The van der Waals surface area contributed by atoms with Gasteiger partial charge >= 0.3 is 5.97 Å². The maximum absolute atomic E-state index is 13.4. The predicted molar refractivity (Wildman–Crippen MR) is 111 cm³/mol. The number of hydrogen-bond donors (Lipinski definition) is 0. The number of esters is 1. The predicted octanol–water partition coefficient (Wildman–Crippen LogP) is 4.58. The third kappa shape index (κ3) is 4.29. The fourth-order valence-electron chi connectivity index (χ4n) is 3.30. The van der Waals surface area contributed by atoms with Gasteiger partial charge in [0.05, 0.1) is 12.0 Å². The largest absolute Gasteiger partial charge is 0.464 e. The Bertz CT molecular complexity index is 833. The summed E-state index contributed by atoms with van der Waals surface area (Å²) in [5.74, 6) is 0.708. The molecular weight excluding hydrogens is 358 g/mol. The van der Waals surface area contributed by atoms with Gasteiger partial charge in [-0.05, 0) is 34.7 Å². The topological polar surface area (TPSA) is 46.6 Å². The molecule has 4 nitrogen and oxygen atoms in total. The molecular formula is C22H27NO3S. The molecule has 0 bridgehead atoms. The van der Waals surface area contributed by atoms with Crippen LogP contribution >= 0.6 is 11.8 Å². The number of ether oxygens (including phenoxy) is 1. The molecule has 1 saturated heterocycles. The normalized spacial score (nSPS) is 19.9. The Balaban J connectivity index is 1.89. The number of hydrogen-bond acceptors (Lipinski definition) is 4. The highest BCUT2D eigenvalue weighted by atomic mass is 32.2. The maximum Gasteiger partial charge on any atom is 0.329 e. The fraction of sp³-hybridized carbons (Fsp3) is 0.455. The third-order valence-corrected chi connectivity index (χ3v) is 6.29. The minimum Gasteiger partial charge on any atom is -0.464 e. The number of rotatable bonds is 5. The van der Waals surface area contributed by atoms with Gasteiger partial charge in [0.1, 0.15) is 6.04 Å². The Morgan fingerprint density at radius 1 is 1.11 bits per heavy atom. The van der Waals surface area contributed by atoms with Crippen molar-refractivity contribution in [3.63, 3.8) is 0 Å². The SMILES string of the molecule is CC(C)COC(=O)[C@H]1CS[C@H](C(C)C)N1C(=O)c1ccc2ccccc2c1. The van der Waals surface area contributed by atoms with Gasteiger partial charge in [0.15, 0.2) is 0 Å². The summed E-state index contributed by atoms with van der Waals surface area (Å²) in [5.41, 5.74) is 0.614. The van der Waals surface area contributed by atoms with Crippen molar-refractivity contribution < 1.29 is 14.3 Å². The van der Waals surface area contributed by atoms with E-state index in [-0.39, 0.29) is 29.1 Å². The van der Waals surface area contributed by atoms with Gasteiger partial charge in [-0.1, -0.05) is 58.0 Å². The van der Waals surface area contributed by atoms with E-state index in [4.69, 9.17) is 4.74 Å². The summed E-state index contributed by atoms with van der Waals surface area (Å²) in [6.07, 6.45) is 0. The van der Waals surface area contributed by atoms with Crippen molar-refractivity contribution in [1.29, 1.82) is 0 Å². The van der Waals surface area contributed by atoms with Crippen LogP contribution in [0.5, 0.6) is 0 Å². The van der Waals surface area contributed by atoms with Crippen LogP contribution in [0.4, 0.5) is 0 Å². The zero-order valence-corrected chi connectivity index (χ0v) is 17.2. The standard InChI is InChI=1S/C22H27NO3S/c1-14(2)12-26-22(25)19-13-27-21(15(3)4)23(19)20(24)18-10-9-16-7-5-6-8-17(16)11-18/h5-11,14-15,19,21H,12-13H2,1-4H3/t19-,21-/m1/s1. The smallest absolute Gasteiger partial charge is 0.329 e. The Labute approximate surface area is 165 Å². The van der Waals surface area contributed by atoms with E-state index in [0.29, 0.717) is 17.9 Å². The van der Waals surface area contributed by atoms with Gasteiger partial charge in [-0.15, -0.1) is 11.8 Å². The average Bonchev–Trinajstić information content (AvgIpc) is 3.10. The van der Waals surface area contributed by atoms with Crippen molar-refractivity contribution >= 4 is 34.4 Å². The summed E-state index contributed by atoms with van der Waals surface area (Å²) in [6, 6.07) is 13.2. The van der Waals surface area contributed by atoms with Crippen LogP contribution in [0, 0.1) is 11.8 Å². The van der Waals surface area contributed by atoms with Gasteiger partial charge < -0.3 is 9.64 Å². The second-order valence-electron chi connectivity index (χ2n) is 7.78. The van der Waals surface area contributed by atoms with Gasteiger partial charge in [-0.25, -0.2) is 4.79 Å². The minimum atomic E-state index is -0.528. The molecule has 3 rings (SSSR count). The lowest BCUT2D eigenvalue weighted by molar-refractivity contribution is -0.149. The first kappa shape index (κ1) is 19.7. The number of carbonyl (C=O) groups is 2. The molecule has 2 atom stereocenters. The van der Waals surface area contributed by atoms with Gasteiger partial charge in [-0.2, -0.15) is 0 Å². The molecule has 0 aliphatic carbocycles. The number of thioether (sulfide) groups is 1. The first-order chi connectivity index (χ1) is 12.9. The van der Waals surface area contributed by atoms with E-state index in [1.165, 1.54) is 0 Å². The van der Waals surface area contributed by atoms with Crippen molar-refractivity contribution in [2.75, 3.05) is 12.4 Å². The lowest BCUT2D eigenvalue weighted by Crippen LogP contribution is -2.48. The zero-order chi connectivity index (χ0) is 19.6. The van der Waals surface area contributed by atoms with Crippen molar-refractivity contribution in [3.05, 3.63) is 48.0 Å². The van der Waals surface area contributed by atoms with Crippen molar-refractivity contribution in [2.24, 2.45) is 11.8 Å². The molecule has 1 fully saturated rings. The van der Waals surface area contributed by atoms with E-state index in [1.807, 2.05) is 56.3 Å². The average molecular weight is 386 g/mol. The Morgan fingerprint density at radius 3 is 2.48 bits per heavy atom. The highest BCUT2D eigenvalue weighted by molar-refractivity contribution is 8.00. The summed E-state index contributed by atoms with van der Waals surface area (Å²) in [7, 11) is 0. The summed E-state index contributed by atoms with van der Waals surface area (Å²) in [5, 5.41) is 2.09. The van der Waals surface area contributed by atoms with Crippen LogP contribution in [0.1, 0.15) is 38.1 Å². The Kier molecular flexibility index (Phi) is 6.10. The molecule has 1 amide bonds. The number of fused-ring (bicyclic) bond motifs is 1. The van der Waals surface area contributed by atoms with Gasteiger partial charge in [0, 0.05) is 11.3 Å². The molecule has 0 radical (unpaired) electrons. The molecule has 2 aromatic carbocycles. The van der Waals surface area contributed by atoms with Crippen LogP contribution in [0.2, 0.25) is 0 Å². The molecule has 1 aliphatic heterocycles. The monoisotopic (exact) mass is 385 g/mol. The molecule has 144 valence electrons. The van der Waals surface area contributed by atoms with Crippen LogP contribution in [0.3, 0.4) is 0 Å². The molecule has 0 N–H and O–H groups in total. The molecule has 1 aliphatic rings. The Morgan fingerprint density at radius 2 is 1.81 bits per heavy atom. The van der Waals surface area contributed by atoms with Crippen LogP contribution in [-0.4, -0.2) is 40.6 Å². The summed E-state index contributed by atoms with van der Waals surface area (Å²) >= 11 is 1.66. The molecule has 1 heterocycles. The summed E-state index contributed by atoms with van der Waals surface area (Å²) in [6.45, 7) is 8.56. The molecule has 27 heavy (non-hydrogen) atoms. The number of carbonyl (C=O) groups excluding carboxylic acids is 2. The molecule has 5 heteroatoms. The first-order valence-electron chi connectivity index (χ1n) is 9.48. The molecule has 2 aromatic rings. The first-order valence-corrected chi connectivity index (χ1v) is 10.5. The summed E-state index contributed by atoms with van der Waals surface area (Å²) < 4.78 is 5.46. The number of amides is 1. The minimum absolute atomic E-state index is 0.0272. The molecule has 0 unspecified atom stereocenters. The van der Waals surface area contributed by atoms with Crippen molar-refractivity contribution in [3.8, 4) is 0 Å². The maximum atomic E-state index is 13.4.